The zero-order valence-electron chi connectivity index (χ0n) is 10.0. The van der Waals surface area contributed by atoms with Gasteiger partial charge in [0.25, 0.3) is 10.0 Å². The van der Waals surface area contributed by atoms with E-state index < -0.39 is 10.0 Å². The summed E-state index contributed by atoms with van der Waals surface area (Å²) in [5.41, 5.74) is 5.76. The molecule has 1 aliphatic carbocycles. The Kier molecular flexibility index (Phi) is 3.24. The molecule has 0 bridgehead atoms. The number of nitrogens with two attached hydrogens (primary N) is 1. The second kappa shape index (κ2) is 4.40. The lowest BCUT2D eigenvalue weighted by Crippen LogP contribution is -2.34. The topological polar surface area (TPSA) is 90.0 Å². The van der Waals surface area contributed by atoms with Gasteiger partial charge in [-0.25, -0.2) is 18.1 Å². The molecule has 2 rings (SSSR count). The Morgan fingerprint density at radius 1 is 1.53 bits per heavy atom. The molecule has 0 aliphatic heterocycles. The van der Waals surface area contributed by atoms with Gasteiger partial charge >= 0.3 is 0 Å². The van der Waals surface area contributed by atoms with Gasteiger partial charge in [-0.05, 0) is 26.2 Å². The normalized spacial score (nSPS) is 25.4. The van der Waals surface area contributed by atoms with Crippen LogP contribution in [0.3, 0.4) is 0 Å². The number of hydrogen-bond donors (Lipinski definition) is 2. The van der Waals surface area contributed by atoms with Crippen molar-refractivity contribution in [2.45, 2.75) is 43.3 Å². The Balaban J connectivity index is 2.14. The standard InChI is InChI=1S/C10H18N4O2S/c1-7-12-10(6-14(7)2)17(15,16)13-9-4-3-8(11)5-9/h6,8-9,13H,3-5,11H2,1-2H3/t8-,9-/m1/s1. The highest BCUT2D eigenvalue weighted by molar-refractivity contribution is 7.89. The van der Waals surface area contributed by atoms with Crippen molar-refractivity contribution in [2.24, 2.45) is 12.8 Å². The number of nitrogens with zero attached hydrogens (tertiary/aromatic N) is 2. The zero-order chi connectivity index (χ0) is 12.6. The van der Waals surface area contributed by atoms with Crippen LogP contribution >= 0.6 is 0 Å². The molecule has 17 heavy (non-hydrogen) atoms. The summed E-state index contributed by atoms with van der Waals surface area (Å²) in [5.74, 6) is 0.675. The average Bonchev–Trinajstić information content (AvgIpc) is 2.75. The molecule has 3 N–H and O–H groups in total. The summed E-state index contributed by atoms with van der Waals surface area (Å²) in [5, 5.41) is 0.0815. The van der Waals surface area contributed by atoms with Crippen LogP contribution in [-0.4, -0.2) is 30.1 Å². The van der Waals surface area contributed by atoms with Crippen molar-refractivity contribution in [1.82, 2.24) is 14.3 Å². The second-order valence-corrected chi connectivity index (χ2v) is 6.29. The highest BCUT2D eigenvalue weighted by Crippen LogP contribution is 2.19. The minimum atomic E-state index is -3.51. The van der Waals surface area contributed by atoms with Crippen LogP contribution in [0.25, 0.3) is 0 Å². The summed E-state index contributed by atoms with van der Waals surface area (Å²) in [4.78, 5) is 4.02. The van der Waals surface area contributed by atoms with Gasteiger partial charge in [-0.2, -0.15) is 0 Å². The van der Waals surface area contributed by atoms with Crippen LogP contribution in [0.4, 0.5) is 0 Å². The maximum atomic E-state index is 12.0. The Morgan fingerprint density at radius 3 is 2.71 bits per heavy atom. The van der Waals surface area contributed by atoms with Gasteiger partial charge in [0.2, 0.25) is 0 Å². The van der Waals surface area contributed by atoms with Crippen LogP contribution in [0.5, 0.6) is 0 Å². The molecule has 0 amide bonds. The quantitative estimate of drug-likeness (QED) is 0.791. The van der Waals surface area contributed by atoms with E-state index in [2.05, 4.69) is 9.71 Å². The monoisotopic (exact) mass is 258 g/mol. The number of nitrogens with one attached hydrogen (secondary N) is 1. The van der Waals surface area contributed by atoms with Crippen LogP contribution in [0.1, 0.15) is 25.1 Å². The molecular weight excluding hydrogens is 240 g/mol. The van der Waals surface area contributed by atoms with Crippen LogP contribution < -0.4 is 10.5 Å². The fraction of sp³-hybridized carbons (Fsp3) is 0.700. The van der Waals surface area contributed by atoms with Gasteiger partial charge in [-0.3, -0.25) is 0 Å². The Labute approximate surface area is 101 Å². The number of rotatable bonds is 3. The van der Waals surface area contributed by atoms with E-state index in [9.17, 15) is 8.42 Å². The molecule has 1 heterocycles. The van der Waals surface area contributed by atoms with E-state index in [0.29, 0.717) is 12.2 Å². The summed E-state index contributed by atoms with van der Waals surface area (Å²) in [6.07, 6.45) is 3.89. The molecular formula is C10H18N4O2S. The van der Waals surface area contributed by atoms with Crippen LogP contribution in [0.15, 0.2) is 11.2 Å². The van der Waals surface area contributed by atoms with Gasteiger partial charge in [0.15, 0.2) is 5.03 Å². The van der Waals surface area contributed by atoms with E-state index in [4.69, 9.17) is 5.73 Å². The lowest BCUT2D eigenvalue weighted by atomic mass is 10.2. The molecule has 1 aromatic heterocycles. The van der Waals surface area contributed by atoms with Crippen LogP contribution in [0, 0.1) is 6.92 Å². The van der Waals surface area contributed by atoms with Crippen molar-refractivity contribution < 1.29 is 8.42 Å². The smallest absolute Gasteiger partial charge is 0.259 e. The molecule has 0 saturated heterocycles. The lowest BCUT2D eigenvalue weighted by molar-refractivity contribution is 0.546. The molecule has 1 aromatic rings. The molecule has 0 unspecified atom stereocenters. The van der Waals surface area contributed by atoms with Crippen molar-refractivity contribution in [3.63, 3.8) is 0 Å². The zero-order valence-corrected chi connectivity index (χ0v) is 10.9. The molecule has 7 heteroatoms. The van der Waals surface area contributed by atoms with Gasteiger partial charge in [-0.1, -0.05) is 0 Å². The van der Waals surface area contributed by atoms with Gasteiger partial charge in [0, 0.05) is 25.3 Å². The molecule has 1 saturated carbocycles. The van der Waals surface area contributed by atoms with E-state index >= 15 is 0 Å². The predicted octanol–water partition coefficient (Wildman–Crippen LogP) is -0.113. The third-order valence-corrected chi connectivity index (χ3v) is 4.55. The molecule has 6 nitrogen and oxygen atoms in total. The summed E-state index contributed by atoms with van der Waals surface area (Å²) in [6.45, 7) is 1.77. The number of hydrogen-bond acceptors (Lipinski definition) is 4. The summed E-state index contributed by atoms with van der Waals surface area (Å²) in [6, 6.07) is 0.0467. The summed E-state index contributed by atoms with van der Waals surface area (Å²) in [7, 11) is -1.74. The van der Waals surface area contributed by atoms with Gasteiger partial charge in [-0.15, -0.1) is 0 Å². The minimum absolute atomic E-state index is 0.0580. The van der Waals surface area contributed by atoms with Crippen molar-refractivity contribution in [1.29, 1.82) is 0 Å². The largest absolute Gasteiger partial charge is 0.337 e. The highest BCUT2D eigenvalue weighted by Gasteiger charge is 2.28. The Hall–Kier alpha value is -0.920. The predicted molar refractivity (Wildman–Crippen MR) is 63.9 cm³/mol. The van der Waals surface area contributed by atoms with E-state index in [0.717, 1.165) is 12.8 Å². The maximum Gasteiger partial charge on any atom is 0.259 e. The number of aryl methyl sites for hydroxylation is 2. The molecule has 2 atom stereocenters. The van der Waals surface area contributed by atoms with Gasteiger partial charge in [0.1, 0.15) is 5.82 Å². The Bertz CT molecular complexity index is 489. The van der Waals surface area contributed by atoms with Crippen LogP contribution in [-0.2, 0) is 17.1 Å². The summed E-state index contributed by atoms with van der Waals surface area (Å²) >= 11 is 0. The highest BCUT2D eigenvalue weighted by atomic mass is 32.2. The van der Waals surface area contributed by atoms with E-state index in [1.54, 1.807) is 18.5 Å². The second-order valence-electron chi connectivity index (χ2n) is 4.63. The first-order valence-electron chi connectivity index (χ1n) is 5.66. The first-order chi connectivity index (χ1) is 7.88. The molecule has 0 aromatic carbocycles. The number of sulfonamides is 1. The van der Waals surface area contributed by atoms with E-state index in [-0.39, 0.29) is 17.1 Å². The van der Waals surface area contributed by atoms with Crippen molar-refractivity contribution in [3.8, 4) is 0 Å². The number of imidazole rings is 1. The van der Waals surface area contributed by atoms with Gasteiger partial charge in [0.05, 0.1) is 0 Å². The minimum Gasteiger partial charge on any atom is -0.337 e. The van der Waals surface area contributed by atoms with Crippen molar-refractivity contribution >= 4 is 10.0 Å². The fourth-order valence-electron chi connectivity index (χ4n) is 2.06. The van der Waals surface area contributed by atoms with E-state index in [1.807, 2.05) is 0 Å². The number of aromatic nitrogens is 2. The molecule has 1 aliphatic rings. The third-order valence-electron chi connectivity index (χ3n) is 3.16. The summed E-state index contributed by atoms with van der Waals surface area (Å²) < 4.78 is 28.4. The SMILES string of the molecule is Cc1nc(S(=O)(=O)N[C@@H]2CC[C@@H](N)C2)cn1C. The van der Waals surface area contributed by atoms with E-state index in [1.165, 1.54) is 6.20 Å². The lowest BCUT2D eigenvalue weighted by Gasteiger charge is -2.10. The molecule has 1 fully saturated rings. The first kappa shape index (κ1) is 12.5. The van der Waals surface area contributed by atoms with Gasteiger partial charge < -0.3 is 10.3 Å². The molecule has 96 valence electrons. The Morgan fingerprint density at radius 2 is 2.24 bits per heavy atom. The van der Waals surface area contributed by atoms with Crippen LogP contribution in [0.2, 0.25) is 0 Å². The maximum absolute atomic E-state index is 12.0. The fourth-order valence-corrected chi connectivity index (χ4v) is 3.38. The molecule has 0 spiro atoms. The van der Waals surface area contributed by atoms with Crippen molar-refractivity contribution in [3.05, 3.63) is 12.0 Å². The average molecular weight is 258 g/mol. The first-order valence-corrected chi connectivity index (χ1v) is 7.14. The molecule has 0 radical (unpaired) electrons. The third kappa shape index (κ3) is 2.67. The van der Waals surface area contributed by atoms with Crippen molar-refractivity contribution in [2.75, 3.05) is 0 Å².